The van der Waals surface area contributed by atoms with E-state index in [1.165, 1.54) is 18.0 Å². The molecular formula is C10H10N4O2S. The number of pyridine rings is 1. The number of carbonyl (C=O) groups is 1. The lowest BCUT2D eigenvalue weighted by molar-refractivity contribution is 0.0692. The maximum atomic E-state index is 11.0. The molecule has 88 valence electrons. The second-order valence-corrected chi connectivity index (χ2v) is 4.44. The number of H-pyrrole nitrogens is 1. The minimum Gasteiger partial charge on any atom is -0.478 e. The molecule has 2 aromatic heterocycles. The minimum absolute atomic E-state index is 0.156. The molecule has 0 aliphatic rings. The van der Waals surface area contributed by atoms with Crippen molar-refractivity contribution in [3.05, 3.63) is 29.3 Å². The predicted octanol–water partition coefficient (Wildman–Crippen LogP) is 1.67. The second-order valence-electron chi connectivity index (χ2n) is 3.43. The van der Waals surface area contributed by atoms with E-state index >= 15 is 0 Å². The molecule has 2 rings (SSSR count). The third kappa shape index (κ3) is 2.62. The number of carboxylic acid groups (broad SMARTS) is 1. The largest absolute Gasteiger partial charge is 0.478 e. The number of nitrogens with zero attached hydrogens (tertiary/aromatic N) is 3. The Bertz CT molecular complexity index is 567. The highest BCUT2D eigenvalue weighted by molar-refractivity contribution is 7.99. The summed E-state index contributed by atoms with van der Waals surface area (Å²) in [6.45, 7) is 3.59. The minimum atomic E-state index is -1.01. The number of carboxylic acids is 1. The van der Waals surface area contributed by atoms with Crippen molar-refractivity contribution in [1.29, 1.82) is 0 Å². The van der Waals surface area contributed by atoms with Gasteiger partial charge in [-0.1, -0.05) is 0 Å². The topological polar surface area (TPSA) is 91.8 Å². The van der Waals surface area contributed by atoms with Crippen molar-refractivity contribution in [2.75, 3.05) is 0 Å². The van der Waals surface area contributed by atoms with Crippen LogP contribution >= 0.6 is 11.8 Å². The summed E-state index contributed by atoms with van der Waals surface area (Å²) in [7, 11) is 0. The SMILES string of the molecule is Cc1cc(Sc2n[nH]c(C)n2)c(C(=O)O)cn1. The van der Waals surface area contributed by atoms with E-state index in [1.807, 2.05) is 0 Å². The number of aromatic carboxylic acids is 1. The highest BCUT2D eigenvalue weighted by Crippen LogP contribution is 2.28. The lowest BCUT2D eigenvalue weighted by atomic mass is 10.2. The fourth-order valence-electron chi connectivity index (χ4n) is 1.25. The Balaban J connectivity index is 2.37. The molecule has 0 spiro atoms. The van der Waals surface area contributed by atoms with Gasteiger partial charge in [-0.3, -0.25) is 10.1 Å². The monoisotopic (exact) mass is 250 g/mol. The summed E-state index contributed by atoms with van der Waals surface area (Å²) in [4.78, 5) is 19.7. The molecule has 7 heteroatoms. The zero-order valence-corrected chi connectivity index (χ0v) is 10.1. The fraction of sp³-hybridized carbons (Fsp3) is 0.200. The zero-order valence-electron chi connectivity index (χ0n) is 9.26. The molecule has 0 saturated carbocycles. The van der Waals surface area contributed by atoms with Gasteiger partial charge in [0.25, 0.3) is 0 Å². The highest BCUT2D eigenvalue weighted by Gasteiger charge is 2.14. The van der Waals surface area contributed by atoms with E-state index in [0.29, 0.717) is 15.9 Å². The lowest BCUT2D eigenvalue weighted by Gasteiger charge is -2.03. The zero-order chi connectivity index (χ0) is 12.4. The van der Waals surface area contributed by atoms with Crippen LogP contribution in [0.1, 0.15) is 21.9 Å². The molecule has 0 saturated heterocycles. The molecule has 6 nitrogen and oxygen atoms in total. The van der Waals surface area contributed by atoms with E-state index < -0.39 is 5.97 Å². The van der Waals surface area contributed by atoms with Gasteiger partial charge in [-0.15, -0.1) is 5.10 Å². The van der Waals surface area contributed by atoms with E-state index in [0.717, 1.165) is 5.69 Å². The first kappa shape index (κ1) is 11.6. The number of hydrogen-bond donors (Lipinski definition) is 2. The summed E-state index contributed by atoms with van der Waals surface area (Å²) < 4.78 is 0. The second kappa shape index (κ2) is 4.54. The number of nitrogens with one attached hydrogen (secondary N) is 1. The summed E-state index contributed by atoms with van der Waals surface area (Å²) in [5.41, 5.74) is 0.910. The van der Waals surface area contributed by atoms with Crippen LogP contribution in [0, 0.1) is 13.8 Å². The van der Waals surface area contributed by atoms with E-state index in [4.69, 9.17) is 5.11 Å². The van der Waals surface area contributed by atoms with Gasteiger partial charge in [-0.25, -0.2) is 9.78 Å². The van der Waals surface area contributed by atoms with Crippen LogP contribution in [0.2, 0.25) is 0 Å². The summed E-state index contributed by atoms with van der Waals surface area (Å²) in [6.07, 6.45) is 1.35. The molecule has 0 aliphatic carbocycles. The van der Waals surface area contributed by atoms with Crippen LogP contribution in [0.15, 0.2) is 22.3 Å². The first-order valence-electron chi connectivity index (χ1n) is 4.83. The van der Waals surface area contributed by atoms with Crippen molar-refractivity contribution < 1.29 is 9.90 Å². The maximum Gasteiger partial charge on any atom is 0.338 e. The molecule has 2 heterocycles. The van der Waals surface area contributed by atoms with Gasteiger partial charge in [0.1, 0.15) is 5.82 Å². The molecule has 0 aliphatic heterocycles. The molecule has 0 atom stereocenters. The van der Waals surface area contributed by atoms with Crippen LogP contribution < -0.4 is 0 Å². The van der Waals surface area contributed by atoms with Crippen LogP contribution in [-0.4, -0.2) is 31.2 Å². The summed E-state index contributed by atoms with van der Waals surface area (Å²) in [6, 6.07) is 1.71. The highest BCUT2D eigenvalue weighted by atomic mass is 32.2. The van der Waals surface area contributed by atoms with E-state index in [1.54, 1.807) is 19.9 Å². The molecule has 2 N–H and O–H groups in total. The van der Waals surface area contributed by atoms with Crippen LogP contribution in [0.5, 0.6) is 0 Å². The summed E-state index contributed by atoms with van der Waals surface area (Å²) >= 11 is 1.20. The van der Waals surface area contributed by atoms with Crippen LogP contribution in [0.4, 0.5) is 0 Å². The number of aryl methyl sites for hydroxylation is 2. The standard InChI is InChI=1S/C10H10N4O2S/c1-5-3-8(7(4-11-5)9(15)16)17-10-12-6(2)13-14-10/h3-4H,1-2H3,(H,15,16)(H,12,13,14). The third-order valence-corrected chi connectivity index (χ3v) is 2.93. The Morgan fingerprint density at radius 3 is 2.82 bits per heavy atom. The Morgan fingerprint density at radius 2 is 2.24 bits per heavy atom. The van der Waals surface area contributed by atoms with Crippen molar-refractivity contribution in [3.63, 3.8) is 0 Å². The van der Waals surface area contributed by atoms with Crippen molar-refractivity contribution in [2.45, 2.75) is 23.9 Å². The fourth-order valence-corrected chi connectivity index (χ4v) is 2.20. The number of aromatic nitrogens is 4. The average molecular weight is 250 g/mol. The van der Waals surface area contributed by atoms with Crippen LogP contribution in [0.25, 0.3) is 0 Å². The van der Waals surface area contributed by atoms with E-state index in [9.17, 15) is 4.79 Å². The average Bonchev–Trinajstić information content (AvgIpc) is 2.63. The Hall–Kier alpha value is -1.89. The molecular weight excluding hydrogens is 240 g/mol. The van der Waals surface area contributed by atoms with Crippen molar-refractivity contribution >= 4 is 17.7 Å². The van der Waals surface area contributed by atoms with Gasteiger partial charge in [0.2, 0.25) is 5.16 Å². The number of aromatic amines is 1. The van der Waals surface area contributed by atoms with Crippen molar-refractivity contribution in [2.24, 2.45) is 0 Å². The summed E-state index contributed by atoms with van der Waals surface area (Å²) in [5, 5.41) is 16.2. The van der Waals surface area contributed by atoms with Gasteiger partial charge in [0.05, 0.1) is 5.56 Å². The molecule has 0 unspecified atom stereocenters. The first-order chi connectivity index (χ1) is 8.06. The van der Waals surface area contributed by atoms with Gasteiger partial charge in [-0.2, -0.15) is 0 Å². The first-order valence-corrected chi connectivity index (χ1v) is 5.64. The molecule has 17 heavy (non-hydrogen) atoms. The molecule has 2 aromatic rings. The maximum absolute atomic E-state index is 11.0. The van der Waals surface area contributed by atoms with Crippen molar-refractivity contribution in [3.8, 4) is 0 Å². The smallest absolute Gasteiger partial charge is 0.338 e. The van der Waals surface area contributed by atoms with E-state index in [-0.39, 0.29) is 5.56 Å². The summed E-state index contributed by atoms with van der Waals surface area (Å²) in [5.74, 6) is -0.317. The van der Waals surface area contributed by atoms with Gasteiger partial charge < -0.3 is 5.11 Å². The third-order valence-electron chi connectivity index (χ3n) is 2.01. The number of hydrogen-bond acceptors (Lipinski definition) is 5. The molecule has 0 aromatic carbocycles. The molecule has 0 fully saturated rings. The molecule has 0 amide bonds. The van der Waals surface area contributed by atoms with Gasteiger partial charge in [0.15, 0.2) is 0 Å². The number of rotatable bonds is 3. The molecule has 0 bridgehead atoms. The van der Waals surface area contributed by atoms with Crippen LogP contribution in [-0.2, 0) is 0 Å². The Labute approximate surface area is 101 Å². The normalized spacial score (nSPS) is 10.5. The van der Waals surface area contributed by atoms with Gasteiger partial charge >= 0.3 is 5.97 Å². The van der Waals surface area contributed by atoms with Gasteiger partial charge in [0, 0.05) is 16.8 Å². The van der Waals surface area contributed by atoms with Crippen LogP contribution in [0.3, 0.4) is 0 Å². The predicted molar refractivity (Wildman–Crippen MR) is 61.2 cm³/mol. The Kier molecular flexibility index (Phi) is 3.10. The molecule has 0 radical (unpaired) electrons. The van der Waals surface area contributed by atoms with Gasteiger partial charge in [-0.05, 0) is 31.7 Å². The quantitative estimate of drug-likeness (QED) is 0.860. The lowest BCUT2D eigenvalue weighted by Crippen LogP contribution is -2.00. The van der Waals surface area contributed by atoms with Crippen molar-refractivity contribution in [1.82, 2.24) is 20.2 Å². The Morgan fingerprint density at radius 1 is 1.47 bits per heavy atom. The van der Waals surface area contributed by atoms with E-state index in [2.05, 4.69) is 20.2 Å².